The predicted molar refractivity (Wildman–Crippen MR) is 103 cm³/mol. The van der Waals surface area contributed by atoms with Gasteiger partial charge in [0.25, 0.3) is 5.69 Å². The summed E-state index contributed by atoms with van der Waals surface area (Å²) < 4.78 is 5.43. The minimum Gasteiger partial charge on any atom is -0.495 e. The first-order valence-corrected chi connectivity index (χ1v) is 8.92. The highest BCUT2D eigenvalue weighted by molar-refractivity contribution is 5.83. The molecule has 3 rings (SSSR count). The standard InChI is InChI=1S/C20H23N3O4/c1-15(16-7-9-17(10-8-16)23(25)26)20(24)22-13-11-21(12-14-22)18-5-3-4-6-19(18)27-2/h3-10,15H,11-14H2,1-2H3/t15-/m1/s1. The fraction of sp³-hybridized carbons (Fsp3) is 0.350. The van der Waals surface area contributed by atoms with Crippen LogP contribution >= 0.6 is 0 Å². The molecule has 0 bridgehead atoms. The van der Waals surface area contributed by atoms with Crippen molar-refractivity contribution in [1.29, 1.82) is 0 Å². The lowest BCUT2D eigenvalue weighted by Crippen LogP contribution is -2.49. The van der Waals surface area contributed by atoms with Crippen LogP contribution in [-0.2, 0) is 4.79 Å². The molecule has 7 heteroatoms. The Balaban J connectivity index is 1.63. The van der Waals surface area contributed by atoms with Gasteiger partial charge in [-0.05, 0) is 24.6 Å². The normalized spacial score (nSPS) is 15.3. The zero-order valence-electron chi connectivity index (χ0n) is 15.5. The van der Waals surface area contributed by atoms with E-state index in [1.807, 2.05) is 36.1 Å². The van der Waals surface area contributed by atoms with Gasteiger partial charge in [0.05, 0.1) is 23.6 Å². The Labute approximate surface area is 158 Å². The van der Waals surface area contributed by atoms with Crippen molar-refractivity contribution in [3.63, 3.8) is 0 Å². The quantitative estimate of drug-likeness (QED) is 0.598. The van der Waals surface area contributed by atoms with Crippen molar-refractivity contribution in [3.05, 3.63) is 64.2 Å². The molecule has 1 saturated heterocycles. The van der Waals surface area contributed by atoms with Crippen LogP contribution in [0.4, 0.5) is 11.4 Å². The third-order valence-electron chi connectivity index (χ3n) is 4.99. The van der Waals surface area contributed by atoms with Crippen LogP contribution in [-0.4, -0.2) is 49.0 Å². The molecule has 142 valence electrons. The largest absolute Gasteiger partial charge is 0.495 e. The Bertz CT molecular complexity index is 814. The van der Waals surface area contributed by atoms with Gasteiger partial charge in [-0.2, -0.15) is 0 Å². The molecule has 0 radical (unpaired) electrons. The molecule has 1 amide bonds. The number of nitro benzene ring substituents is 1. The second kappa shape index (κ2) is 8.07. The van der Waals surface area contributed by atoms with Gasteiger partial charge in [-0.15, -0.1) is 0 Å². The molecule has 1 aliphatic heterocycles. The summed E-state index contributed by atoms with van der Waals surface area (Å²) in [5.74, 6) is 0.545. The molecule has 0 saturated carbocycles. The maximum atomic E-state index is 12.8. The SMILES string of the molecule is COc1ccccc1N1CCN(C(=O)[C@H](C)c2ccc([N+](=O)[O-])cc2)CC1. The van der Waals surface area contributed by atoms with E-state index >= 15 is 0 Å². The predicted octanol–water partition coefficient (Wildman–Crippen LogP) is 3.06. The smallest absolute Gasteiger partial charge is 0.269 e. The molecule has 7 nitrogen and oxygen atoms in total. The van der Waals surface area contributed by atoms with Crippen molar-refractivity contribution < 1.29 is 14.5 Å². The number of anilines is 1. The van der Waals surface area contributed by atoms with Gasteiger partial charge in [0.15, 0.2) is 0 Å². The van der Waals surface area contributed by atoms with Crippen molar-refractivity contribution >= 4 is 17.3 Å². The number of nitrogens with zero attached hydrogens (tertiary/aromatic N) is 3. The lowest BCUT2D eigenvalue weighted by molar-refractivity contribution is -0.384. The highest BCUT2D eigenvalue weighted by atomic mass is 16.6. The van der Waals surface area contributed by atoms with Crippen LogP contribution in [0.3, 0.4) is 0 Å². The first-order chi connectivity index (χ1) is 13.0. The molecular formula is C20H23N3O4. The Morgan fingerprint density at radius 1 is 1.07 bits per heavy atom. The van der Waals surface area contributed by atoms with Crippen LogP contribution in [0.5, 0.6) is 5.75 Å². The van der Waals surface area contributed by atoms with E-state index in [0.29, 0.717) is 13.1 Å². The van der Waals surface area contributed by atoms with E-state index in [1.54, 1.807) is 19.2 Å². The second-order valence-electron chi connectivity index (χ2n) is 6.55. The molecule has 0 N–H and O–H groups in total. The zero-order chi connectivity index (χ0) is 19.4. The number of para-hydroxylation sites is 2. The van der Waals surface area contributed by atoms with Crippen molar-refractivity contribution in [3.8, 4) is 5.75 Å². The number of rotatable bonds is 5. The van der Waals surface area contributed by atoms with Crippen LogP contribution in [0, 0.1) is 10.1 Å². The molecular weight excluding hydrogens is 346 g/mol. The number of hydrogen-bond donors (Lipinski definition) is 0. The highest BCUT2D eigenvalue weighted by Crippen LogP contribution is 2.29. The lowest BCUT2D eigenvalue weighted by atomic mass is 9.99. The van der Waals surface area contributed by atoms with E-state index < -0.39 is 4.92 Å². The average Bonchev–Trinajstić information content (AvgIpc) is 2.72. The number of carbonyl (C=O) groups is 1. The van der Waals surface area contributed by atoms with Gasteiger partial charge in [0.2, 0.25) is 5.91 Å². The summed E-state index contributed by atoms with van der Waals surface area (Å²) in [6.07, 6.45) is 0. The first kappa shape index (κ1) is 18.7. The molecule has 1 heterocycles. The van der Waals surface area contributed by atoms with Gasteiger partial charge in [-0.25, -0.2) is 0 Å². The Morgan fingerprint density at radius 2 is 1.70 bits per heavy atom. The molecule has 2 aromatic carbocycles. The number of benzene rings is 2. The second-order valence-corrected chi connectivity index (χ2v) is 6.55. The van der Waals surface area contributed by atoms with Gasteiger partial charge in [0, 0.05) is 38.3 Å². The van der Waals surface area contributed by atoms with Gasteiger partial charge in [-0.1, -0.05) is 24.3 Å². The van der Waals surface area contributed by atoms with Gasteiger partial charge in [0.1, 0.15) is 5.75 Å². The van der Waals surface area contributed by atoms with E-state index in [4.69, 9.17) is 4.74 Å². The summed E-state index contributed by atoms with van der Waals surface area (Å²) in [4.78, 5) is 27.2. The Hall–Kier alpha value is -3.09. The van der Waals surface area contributed by atoms with Crippen molar-refractivity contribution in [1.82, 2.24) is 4.90 Å². The maximum Gasteiger partial charge on any atom is 0.269 e. The van der Waals surface area contributed by atoms with E-state index in [2.05, 4.69) is 4.90 Å². The number of non-ortho nitro benzene ring substituents is 1. The number of piperazine rings is 1. The number of methoxy groups -OCH3 is 1. The minimum absolute atomic E-state index is 0.0313. The minimum atomic E-state index is -0.437. The monoisotopic (exact) mass is 369 g/mol. The molecule has 1 aliphatic rings. The van der Waals surface area contributed by atoms with E-state index in [1.165, 1.54) is 12.1 Å². The van der Waals surface area contributed by atoms with Crippen molar-refractivity contribution in [2.75, 3.05) is 38.2 Å². The summed E-state index contributed by atoms with van der Waals surface area (Å²) in [6, 6.07) is 14.1. The zero-order valence-corrected chi connectivity index (χ0v) is 15.5. The van der Waals surface area contributed by atoms with Crippen LogP contribution < -0.4 is 9.64 Å². The summed E-state index contributed by atoms with van der Waals surface area (Å²) in [6.45, 7) is 4.58. The molecule has 27 heavy (non-hydrogen) atoms. The van der Waals surface area contributed by atoms with E-state index in [-0.39, 0.29) is 17.5 Å². The fourth-order valence-electron chi connectivity index (χ4n) is 3.36. The number of carbonyl (C=O) groups excluding carboxylic acids is 1. The van der Waals surface area contributed by atoms with Crippen LogP contribution in [0.15, 0.2) is 48.5 Å². The number of amides is 1. The van der Waals surface area contributed by atoms with Crippen LogP contribution in [0.2, 0.25) is 0 Å². The summed E-state index contributed by atoms with van der Waals surface area (Å²) in [5, 5.41) is 10.8. The third-order valence-corrected chi connectivity index (χ3v) is 4.99. The first-order valence-electron chi connectivity index (χ1n) is 8.92. The summed E-state index contributed by atoms with van der Waals surface area (Å²) in [7, 11) is 1.66. The highest BCUT2D eigenvalue weighted by Gasteiger charge is 2.27. The lowest BCUT2D eigenvalue weighted by Gasteiger charge is -2.37. The summed E-state index contributed by atoms with van der Waals surface area (Å²) >= 11 is 0. The van der Waals surface area contributed by atoms with Crippen molar-refractivity contribution in [2.24, 2.45) is 0 Å². The van der Waals surface area contributed by atoms with Gasteiger partial charge >= 0.3 is 0 Å². The molecule has 0 aliphatic carbocycles. The van der Waals surface area contributed by atoms with Crippen LogP contribution in [0.1, 0.15) is 18.4 Å². The molecule has 2 aromatic rings. The maximum absolute atomic E-state index is 12.8. The number of hydrogen-bond acceptors (Lipinski definition) is 5. The van der Waals surface area contributed by atoms with E-state index in [9.17, 15) is 14.9 Å². The van der Waals surface area contributed by atoms with E-state index in [0.717, 1.165) is 30.1 Å². The van der Waals surface area contributed by atoms with Crippen molar-refractivity contribution in [2.45, 2.75) is 12.8 Å². The molecule has 1 fully saturated rings. The molecule has 0 spiro atoms. The fourth-order valence-corrected chi connectivity index (χ4v) is 3.36. The molecule has 0 aromatic heterocycles. The number of ether oxygens (including phenoxy) is 1. The molecule has 1 atom stereocenters. The molecule has 0 unspecified atom stereocenters. The van der Waals surface area contributed by atoms with Gasteiger partial charge < -0.3 is 14.5 Å². The summed E-state index contributed by atoms with van der Waals surface area (Å²) in [5.41, 5.74) is 1.86. The van der Waals surface area contributed by atoms with Gasteiger partial charge in [-0.3, -0.25) is 14.9 Å². The van der Waals surface area contributed by atoms with Crippen LogP contribution in [0.25, 0.3) is 0 Å². The Kier molecular flexibility index (Phi) is 5.59. The topological polar surface area (TPSA) is 75.9 Å². The number of nitro groups is 1. The average molecular weight is 369 g/mol. The Morgan fingerprint density at radius 3 is 2.30 bits per heavy atom. The third kappa shape index (κ3) is 4.02.